The van der Waals surface area contributed by atoms with Crippen molar-refractivity contribution >= 4 is 29.2 Å². The number of nitrogens with zero attached hydrogens (tertiary/aromatic N) is 2. The largest absolute Gasteiger partial charge is 0.347 e. The summed E-state index contributed by atoms with van der Waals surface area (Å²) >= 11 is 6.31. The van der Waals surface area contributed by atoms with Crippen LogP contribution < -0.4 is 4.90 Å². The van der Waals surface area contributed by atoms with Gasteiger partial charge in [0, 0.05) is 53.0 Å². The number of halogens is 1. The first-order valence-corrected chi connectivity index (χ1v) is 10.8. The van der Waals surface area contributed by atoms with Crippen molar-refractivity contribution in [3.05, 3.63) is 70.4 Å². The van der Waals surface area contributed by atoms with Crippen LogP contribution in [0.15, 0.2) is 54.2 Å². The molecule has 1 saturated carbocycles. The maximum Gasteiger partial charge on any atom is 0.209 e. The predicted molar refractivity (Wildman–Crippen MR) is 118 cm³/mol. The molecule has 3 aliphatic rings. The van der Waals surface area contributed by atoms with Crippen LogP contribution in [-0.2, 0) is 5.41 Å². The number of para-hydroxylation sites is 1. The van der Waals surface area contributed by atoms with Crippen molar-refractivity contribution in [3.8, 4) is 0 Å². The van der Waals surface area contributed by atoms with Crippen LogP contribution in [0.3, 0.4) is 0 Å². The van der Waals surface area contributed by atoms with Gasteiger partial charge in [0.15, 0.2) is 12.3 Å². The molecule has 2 aromatic carbocycles. The molecule has 0 N–H and O–H groups in total. The molecule has 0 spiro atoms. The summed E-state index contributed by atoms with van der Waals surface area (Å²) in [6, 6.07) is 15.9. The van der Waals surface area contributed by atoms with E-state index in [1.807, 2.05) is 6.07 Å². The Hall–Kier alpha value is -2.06. The molecule has 1 aliphatic carbocycles. The van der Waals surface area contributed by atoms with Crippen molar-refractivity contribution in [2.45, 2.75) is 56.9 Å². The maximum absolute atomic E-state index is 6.31. The van der Waals surface area contributed by atoms with Crippen molar-refractivity contribution in [2.24, 2.45) is 0 Å². The second-order valence-electron chi connectivity index (χ2n) is 8.97. The Bertz CT molecular complexity index is 1000. The Morgan fingerprint density at radius 2 is 1.89 bits per heavy atom. The number of likely N-dealkylation sites (N-methyl/N-ethyl adjacent to an activating group) is 1. The molecular weight excluding hydrogens is 364 g/mol. The number of fused-ring (bicyclic) bond motifs is 4. The highest BCUT2D eigenvalue weighted by Gasteiger charge is 2.44. The highest BCUT2D eigenvalue weighted by Crippen LogP contribution is 2.48. The van der Waals surface area contributed by atoms with Gasteiger partial charge < -0.3 is 4.90 Å². The van der Waals surface area contributed by atoms with E-state index in [-0.39, 0.29) is 5.41 Å². The Morgan fingerprint density at radius 3 is 2.75 bits per heavy atom. The second-order valence-corrected chi connectivity index (χ2v) is 9.41. The summed E-state index contributed by atoms with van der Waals surface area (Å²) in [4.78, 5) is 2.32. The van der Waals surface area contributed by atoms with Crippen LogP contribution in [0, 0.1) is 0 Å². The summed E-state index contributed by atoms with van der Waals surface area (Å²) in [6.07, 6.45) is 9.98. The van der Waals surface area contributed by atoms with Gasteiger partial charge in [0.2, 0.25) is 5.69 Å². The minimum atomic E-state index is -0.0588. The smallest absolute Gasteiger partial charge is 0.209 e. The van der Waals surface area contributed by atoms with Crippen LogP contribution in [0.4, 0.5) is 11.4 Å². The molecular formula is C25H28ClN2+. The van der Waals surface area contributed by atoms with Gasteiger partial charge in [0.25, 0.3) is 0 Å². The van der Waals surface area contributed by atoms with Gasteiger partial charge in [-0.1, -0.05) is 50.1 Å². The number of allylic oxidation sites excluding steroid dienone is 2. The van der Waals surface area contributed by atoms with Crippen LogP contribution in [-0.4, -0.2) is 23.9 Å². The summed E-state index contributed by atoms with van der Waals surface area (Å²) in [5.74, 6) is 0.685. The molecule has 5 rings (SSSR count). The van der Waals surface area contributed by atoms with Crippen LogP contribution >= 0.6 is 11.6 Å². The van der Waals surface area contributed by atoms with E-state index in [2.05, 4.69) is 79.1 Å². The minimum Gasteiger partial charge on any atom is -0.347 e. The fourth-order valence-electron chi connectivity index (χ4n) is 5.67. The zero-order valence-corrected chi connectivity index (χ0v) is 17.7. The zero-order chi connectivity index (χ0) is 19.5. The topological polar surface area (TPSA) is 6.25 Å². The molecule has 2 heterocycles. The molecule has 0 saturated heterocycles. The van der Waals surface area contributed by atoms with Crippen molar-refractivity contribution in [3.63, 3.8) is 0 Å². The maximum atomic E-state index is 6.31. The lowest BCUT2D eigenvalue weighted by Gasteiger charge is -2.24. The first-order valence-electron chi connectivity index (χ1n) is 10.4. The summed E-state index contributed by atoms with van der Waals surface area (Å²) < 4.78 is 2.55. The van der Waals surface area contributed by atoms with E-state index in [9.17, 15) is 0 Å². The van der Waals surface area contributed by atoms with Crippen molar-refractivity contribution < 1.29 is 4.58 Å². The fraction of sp³-hybridized carbons (Fsp3) is 0.400. The van der Waals surface area contributed by atoms with E-state index < -0.39 is 0 Å². The van der Waals surface area contributed by atoms with E-state index in [4.69, 9.17) is 11.6 Å². The number of benzene rings is 2. The first-order chi connectivity index (χ1) is 13.5. The predicted octanol–water partition coefficient (Wildman–Crippen LogP) is 6.41. The Labute approximate surface area is 173 Å². The van der Waals surface area contributed by atoms with Crippen LogP contribution in [0.25, 0.3) is 0 Å². The summed E-state index contributed by atoms with van der Waals surface area (Å²) in [5, 5.41) is 0.809. The molecule has 2 nitrogen and oxygen atoms in total. The Kier molecular flexibility index (Phi) is 4.17. The Morgan fingerprint density at radius 1 is 1.11 bits per heavy atom. The van der Waals surface area contributed by atoms with E-state index >= 15 is 0 Å². The minimum absolute atomic E-state index is 0.0588. The van der Waals surface area contributed by atoms with Gasteiger partial charge in [-0.25, -0.2) is 0 Å². The molecule has 0 bridgehead atoms. The van der Waals surface area contributed by atoms with E-state index in [1.165, 1.54) is 53.9 Å². The Balaban J connectivity index is 1.59. The highest BCUT2D eigenvalue weighted by molar-refractivity contribution is 6.30. The first kappa shape index (κ1) is 18.0. The van der Waals surface area contributed by atoms with Gasteiger partial charge in [-0.15, -0.1) is 0 Å². The van der Waals surface area contributed by atoms with Gasteiger partial charge in [-0.05, 0) is 36.6 Å². The number of hydrogen-bond acceptors (Lipinski definition) is 1. The third-order valence-corrected chi connectivity index (χ3v) is 7.32. The fourth-order valence-corrected chi connectivity index (χ4v) is 5.84. The lowest BCUT2D eigenvalue weighted by Crippen LogP contribution is -2.27. The van der Waals surface area contributed by atoms with Crippen LogP contribution in [0.5, 0.6) is 0 Å². The van der Waals surface area contributed by atoms with E-state index in [0.29, 0.717) is 12.0 Å². The van der Waals surface area contributed by atoms with Gasteiger partial charge in [-0.2, -0.15) is 4.58 Å². The van der Waals surface area contributed by atoms with E-state index in [1.54, 1.807) is 0 Å². The lowest BCUT2D eigenvalue weighted by molar-refractivity contribution is -0.475. The van der Waals surface area contributed by atoms with Gasteiger partial charge in [0.1, 0.15) is 0 Å². The summed E-state index contributed by atoms with van der Waals surface area (Å²) in [5.41, 5.74) is 6.76. The standard InChI is InChI=1S/C25H28ClN2/c1-25(2)20-16-17(26)12-13-23(20)27(3)24(25)14-15-28-21-10-6-4-8-18(21)19-9-5-7-11-22(19)28/h4,6,8,10,12-16,19,22H,5,7,9,11H2,1-3H3/q+1. The highest BCUT2D eigenvalue weighted by atomic mass is 35.5. The van der Waals surface area contributed by atoms with Crippen molar-refractivity contribution in [1.29, 1.82) is 0 Å². The average molecular weight is 392 g/mol. The monoisotopic (exact) mass is 391 g/mol. The molecule has 2 aromatic rings. The molecule has 2 aliphatic heterocycles. The van der Waals surface area contributed by atoms with E-state index in [0.717, 1.165) is 5.02 Å². The van der Waals surface area contributed by atoms with Gasteiger partial charge in [-0.3, -0.25) is 0 Å². The average Bonchev–Trinajstić information content (AvgIpc) is 3.10. The lowest BCUT2D eigenvalue weighted by atomic mass is 9.82. The van der Waals surface area contributed by atoms with Crippen molar-refractivity contribution in [1.82, 2.24) is 0 Å². The third-order valence-electron chi connectivity index (χ3n) is 7.09. The molecule has 3 heteroatoms. The molecule has 0 radical (unpaired) electrons. The molecule has 1 fully saturated rings. The number of anilines is 1. The quantitative estimate of drug-likeness (QED) is 0.509. The third kappa shape index (κ3) is 2.58. The van der Waals surface area contributed by atoms with Crippen molar-refractivity contribution in [2.75, 3.05) is 11.9 Å². The zero-order valence-electron chi connectivity index (χ0n) is 17.0. The molecule has 28 heavy (non-hydrogen) atoms. The molecule has 0 amide bonds. The normalized spacial score (nSPS) is 27.8. The molecule has 144 valence electrons. The van der Waals surface area contributed by atoms with Crippen LogP contribution in [0.1, 0.15) is 56.6 Å². The SMILES string of the molecule is CN1/C(=C\C=[N+]2c3ccccc3C3CCCCC32)C(C)(C)c2cc(Cl)ccc21. The second kappa shape index (κ2) is 6.49. The summed E-state index contributed by atoms with van der Waals surface area (Å²) in [7, 11) is 2.17. The number of rotatable bonds is 1. The summed E-state index contributed by atoms with van der Waals surface area (Å²) in [6.45, 7) is 4.60. The number of hydrogen-bond donors (Lipinski definition) is 0. The molecule has 0 aromatic heterocycles. The van der Waals surface area contributed by atoms with Gasteiger partial charge >= 0.3 is 0 Å². The molecule has 2 atom stereocenters. The van der Waals surface area contributed by atoms with Crippen LogP contribution in [0.2, 0.25) is 5.02 Å². The van der Waals surface area contributed by atoms with Gasteiger partial charge in [0.05, 0.1) is 5.92 Å². The molecule has 2 unspecified atom stereocenters.